The Morgan fingerprint density at radius 1 is 1.44 bits per heavy atom. The second kappa shape index (κ2) is 1.72. The topological polar surface area (TPSA) is 29.1 Å². The maximum atomic E-state index is 10.9. The zero-order valence-electron chi connectivity index (χ0n) is 5.39. The molecule has 1 heterocycles. The fraction of sp³-hybridized carbons (Fsp3) is 0.857. The molecule has 2 bridgehead atoms. The van der Waals surface area contributed by atoms with Gasteiger partial charge in [0.15, 0.2) is 0 Å². The molecule has 0 aromatic rings. The Bertz CT molecular complexity index is 144. The zero-order chi connectivity index (χ0) is 6.27. The van der Waals surface area contributed by atoms with Gasteiger partial charge in [-0.25, -0.2) is 0 Å². The van der Waals surface area contributed by atoms with Crippen molar-refractivity contribution in [3.8, 4) is 0 Å². The van der Waals surface area contributed by atoms with E-state index in [9.17, 15) is 4.79 Å². The molecule has 0 aromatic carbocycles. The van der Waals surface area contributed by atoms with Crippen molar-refractivity contribution < 1.29 is 4.79 Å². The number of carbonyl (C=O) groups excluding carboxylic acids is 1. The molecule has 2 nitrogen and oxygen atoms in total. The second-order valence-corrected chi connectivity index (χ2v) is 3.07. The molecule has 9 heavy (non-hydrogen) atoms. The fourth-order valence-electron chi connectivity index (χ4n) is 1.88. The van der Waals surface area contributed by atoms with E-state index in [-0.39, 0.29) is 0 Å². The van der Waals surface area contributed by atoms with E-state index in [2.05, 4.69) is 5.32 Å². The van der Waals surface area contributed by atoms with Gasteiger partial charge in [-0.05, 0) is 19.3 Å². The first-order chi connectivity index (χ1) is 4.36. The van der Waals surface area contributed by atoms with Crippen LogP contribution in [0.15, 0.2) is 0 Å². The van der Waals surface area contributed by atoms with Crippen LogP contribution in [0.4, 0.5) is 0 Å². The molecule has 50 valence electrons. The van der Waals surface area contributed by atoms with Crippen LogP contribution in [0.25, 0.3) is 0 Å². The van der Waals surface area contributed by atoms with Gasteiger partial charge < -0.3 is 5.32 Å². The van der Waals surface area contributed by atoms with Gasteiger partial charge in [0.05, 0.1) is 0 Å². The summed E-state index contributed by atoms with van der Waals surface area (Å²) in [5.41, 5.74) is 0. The van der Waals surface area contributed by atoms with Crippen molar-refractivity contribution in [2.75, 3.05) is 0 Å². The SMILES string of the molecule is O=C1NC2CCCC1C2. The molecule has 1 amide bonds. The number of carbonyl (C=O) groups is 1. The molecule has 2 aliphatic rings. The van der Waals surface area contributed by atoms with Crippen LogP contribution in [0.3, 0.4) is 0 Å². The summed E-state index contributed by atoms with van der Waals surface area (Å²) < 4.78 is 0. The molecule has 2 heteroatoms. The van der Waals surface area contributed by atoms with Gasteiger partial charge >= 0.3 is 0 Å². The van der Waals surface area contributed by atoms with Crippen molar-refractivity contribution in [2.45, 2.75) is 31.7 Å². The molecule has 1 saturated carbocycles. The summed E-state index contributed by atoms with van der Waals surface area (Å²) in [4.78, 5) is 10.9. The maximum Gasteiger partial charge on any atom is 0.223 e. The fourth-order valence-corrected chi connectivity index (χ4v) is 1.88. The number of rotatable bonds is 0. The highest BCUT2D eigenvalue weighted by Crippen LogP contribution is 2.29. The molecule has 2 unspecified atom stereocenters. The van der Waals surface area contributed by atoms with Crippen molar-refractivity contribution in [2.24, 2.45) is 5.92 Å². The van der Waals surface area contributed by atoms with E-state index in [1.807, 2.05) is 0 Å². The summed E-state index contributed by atoms with van der Waals surface area (Å²) in [7, 11) is 0. The van der Waals surface area contributed by atoms with Crippen molar-refractivity contribution in [1.29, 1.82) is 0 Å². The van der Waals surface area contributed by atoms with Gasteiger partial charge in [-0.2, -0.15) is 0 Å². The average molecular weight is 125 g/mol. The number of amides is 1. The lowest BCUT2D eigenvalue weighted by atomic mass is 9.90. The lowest BCUT2D eigenvalue weighted by Crippen LogP contribution is -2.24. The predicted octanol–water partition coefficient (Wildman–Crippen LogP) is 0.675. The Hall–Kier alpha value is -0.530. The Morgan fingerprint density at radius 3 is 3.00 bits per heavy atom. The van der Waals surface area contributed by atoms with Crippen LogP contribution in [-0.2, 0) is 4.79 Å². The molecule has 2 atom stereocenters. The Kier molecular flexibility index (Phi) is 1.01. The van der Waals surface area contributed by atoms with Crippen molar-refractivity contribution in [1.82, 2.24) is 5.32 Å². The third-order valence-corrected chi connectivity index (χ3v) is 2.39. The van der Waals surface area contributed by atoms with Crippen molar-refractivity contribution in [3.63, 3.8) is 0 Å². The van der Waals surface area contributed by atoms with Crippen LogP contribution in [-0.4, -0.2) is 11.9 Å². The Morgan fingerprint density at radius 2 is 2.33 bits per heavy atom. The molecule has 0 spiro atoms. The number of fused-ring (bicyclic) bond motifs is 2. The van der Waals surface area contributed by atoms with Crippen LogP contribution >= 0.6 is 0 Å². The molecular formula is C7H11NO. The molecule has 0 radical (unpaired) electrons. The van der Waals surface area contributed by atoms with Crippen molar-refractivity contribution >= 4 is 5.91 Å². The van der Waals surface area contributed by atoms with E-state index in [4.69, 9.17) is 0 Å². The van der Waals surface area contributed by atoms with Gasteiger partial charge in [0.1, 0.15) is 0 Å². The first-order valence-electron chi connectivity index (χ1n) is 3.66. The molecule has 1 aliphatic heterocycles. The molecule has 0 aromatic heterocycles. The van der Waals surface area contributed by atoms with Crippen LogP contribution < -0.4 is 5.32 Å². The van der Waals surface area contributed by atoms with Gasteiger partial charge in [-0.1, -0.05) is 6.42 Å². The minimum atomic E-state index is 0.303. The van der Waals surface area contributed by atoms with Gasteiger partial charge in [0.2, 0.25) is 5.91 Å². The molecule has 2 rings (SSSR count). The summed E-state index contributed by atoms with van der Waals surface area (Å²) in [6.45, 7) is 0. The minimum absolute atomic E-state index is 0.303. The third-order valence-electron chi connectivity index (χ3n) is 2.39. The van der Waals surface area contributed by atoms with E-state index in [0.717, 1.165) is 12.8 Å². The van der Waals surface area contributed by atoms with Gasteiger partial charge in [-0.3, -0.25) is 4.79 Å². The van der Waals surface area contributed by atoms with Gasteiger partial charge in [0.25, 0.3) is 0 Å². The van der Waals surface area contributed by atoms with E-state index < -0.39 is 0 Å². The number of hydrogen-bond donors (Lipinski definition) is 1. The zero-order valence-corrected chi connectivity index (χ0v) is 5.39. The molecule has 2 fully saturated rings. The summed E-state index contributed by atoms with van der Waals surface area (Å²) in [5.74, 6) is 0.682. The second-order valence-electron chi connectivity index (χ2n) is 3.07. The highest BCUT2D eigenvalue weighted by atomic mass is 16.2. The average Bonchev–Trinajstić information content (AvgIpc) is 2.09. The Labute approximate surface area is 54.6 Å². The van der Waals surface area contributed by atoms with E-state index in [0.29, 0.717) is 17.9 Å². The summed E-state index contributed by atoms with van der Waals surface area (Å²) in [5, 5.41) is 2.98. The number of hydrogen-bond acceptors (Lipinski definition) is 1. The lowest BCUT2D eigenvalue weighted by Gasteiger charge is -2.14. The quantitative estimate of drug-likeness (QED) is 0.506. The van der Waals surface area contributed by atoms with E-state index >= 15 is 0 Å². The predicted molar refractivity (Wildman–Crippen MR) is 33.9 cm³/mol. The first-order valence-corrected chi connectivity index (χ1v) is 3.66. The van der Waals surface area contributed by atoms with E-state index in [1.54, 1.807) is 0 Å². The monoisotopic (exact) mass is 125 g/mol. The molecule has 1 saturated heterocycles. The van der Waals surface area contributed by atoms with E-state index in [1.165, 1.54) is 12.8 Å². The van der Waals surface area contributed by atoms with Gasteiger partial charge in [-0.15, -0.1) is 0 Å². The largest absolute Gasteiger partial charge is 0.353 e. The van der Waals surface area contributed by atoms with Crippen LogP contribution in [0.2, 0.25) is 0 Å². The summed E-state index contributed by atoms with van der Waals surface area (Å²) >= 11 is 0. The summed E-state index contributed by atoms with van der Waals surface area (Å²) in [6.07, 6.45) is 4.69. The normalized spacial score (nSPS) is 40.7. The minimum Gasteiger partial charge on any atom is -0.353 e. The van der Waals surface area contributed by atoms with Gasteiger partial charge in [0, 0.05) is 12.0 Å². The standard InChI is InChI=1S/C7H11NO/c9-7-5-2-1-3-6(4-5)8-7/h5-6H,1-4H2,(H,8,9). The molecular weight excluding hydrogens is 114 g/mol. The lowest BCUT2D eigenvalue weighted by molar-refractivity contribution is -0.122. The van der Waals surface area contributed by atoms with Crippen LogP contribution in [0, 0.1) is 5.92 Å². The highest BCUT2D eigenvalue weighted by molar-refractivity contribution is 5.81. The molecule has 1 N–H and O–H groups in total. The summed E-state index contributed by atoms with van der Waals surface area (Å²) in [6, 6.07) is 0.538. The number of nitrogens with one attached hydrogen (secondary N) is 1. The third kappa shape index (κ3) is 0.732. The Balaban J connectivity index is 2.15. The highest BCUT2D eigenvalue weighted by Gasteiger charge is 2.34. The first kappa shape index (κ1) is 5.27. The van der Waals surface area contributed by atoms with Crippen LogP contribution in [0.1, 0.15) is 25.7 Å². The molecule has 1 aliphatic carbocycles. The smallest absolute Gasteiger partial charge is 0.223 e. The van der Waals surface area contributed by atoms with Crippen LogP contribution in [0.5, 0.6) is 0 Å². The van der Waals surface area contributed by atoms with Crippen molar-refractivity contribution in [3.05, 3.63) is 0 Å². The maximum absolute atomic E-state index is 10.9.